The Kier molecular flexibility index (Phi) is 4.04. The Balaban J connectivity index is 2.08. The predicted octanol–water partition coefficient (Wildman–Crippen LogP) is 5.19. The second-order valence-electron chi connectivity index (χ2n) is 4.36. The van der Waals surface area contributed by atoms with Crippen molar-refractivity contribution >= 4 is 34.7 Å². The normalized spacial score (nSPS) is 10.4. The van der Waals surface area contributed by atoms with E-state index in [9.17, 15) is 0 Å². The van der Waals surface area contributed by atoms with Crippen molar-refractivity contribution in [2.75, 3.05) is 5.32 Å². The number of hydrogen-bond acceptors (Lipinski definition) is 3. The summed E-state index contributed by atoms with van der Waals surface area (Å²) in [6, 6.07) is 17.2. The highest BCUT2D eigenvalue weighted by Crippen LogP contribution is 2.34. The largest absolute Gasteiger partial charge is 0.338 e. The van der Waals surface area contributed by atoms with Gasteiger partial charge in [-0.3, -0.25) is 0 Å². The van der Waals surface area contributed by atoms with Crippen LogP contribution in [0.5, 0.6) is 0 Å². The summed E-state index contributed by atoms with van der Waals surface area (Å²) < 4.78 is 0. The van der Waals surface area contributed by atoms with Gasteiger partial charge in [-0.25, -0.2) is 9.97 Å². The monoisotopic (exact) mass is 315 g/mol. The van der Waals surface area contributed by atoms with Crippen molar-refractivity contribution in [1.29, 1.82) is 0 Å². The summed E-state index contributed by atoms with van der Waals surface area (Å²) in [7, 11) is 0. The highest BCUT2D eigenvalue weighted by atomic mass is 35.5. The van der Waals surface area contributed by atoms with E-state index in [-0.39, 0.29) is 0 Å². The van der Waals surface area contributed by atoms with E-state index in [0.717, 1.165) is 16.8 Å². The molecule has 0 spiro atoms. The first-order chi connectivity index (χ1) is 10.3. The second kappa shape index (κ2) is 6.12. The summed E-state index contributed by atoms with van der Waals surface area (Å²) in [6.07, 6.45) is 1.42. The molecule has 21 heavy (non-hydrogen) atoms. The maximum atomic E-state index is 6.25. The summed E-state index contributed by atoms with van der Waals surface area (Å²) in [5.74, 6) is 0.620. The lowest BCUT2D eigenvalue weighted by atomic mass is 10.1. The Bertz CT molecular complexity index is 760. The van der Waals surface area contributed by atoms with Gasteiger partial charge in [0.25, 0.3) is 0 Å². The molecule has 1 heterocycles. The first kappa shape index (κ1) is 13.9. The van der Waals surface area contributed by atoms with Crippen LogP contribution in [-0.4, -0.2) is 9.97 Å². The zero-order valence-electron chi connectivity index (χ0n) is 10.9. The number of para-hydroxylation sites is 1. The molecular formula is C16H11Cl2N3. The SMILES string of the molecule is Clc1ccccc1Nc1ncnc(Cl)c1-c1ccccc1. The fraction of sp³-hybridized carbons (Fsp3) is 0. The number of aromatic nitrogens is 2. The van der Waals surface area contributed by atoms with Crippen LogP contribution in [0.2, 0.25) is 10.2 Å². The molecule has 1 aromatic heterocycles. The van der Waals surface area contributed by atoms with Crippen molar-refractivity contribution in [2.45, 2.75) is 0 Å². The van der Waals surface area contributed by atoms with E-state index in [1.54, 1.807) is 0 Å². The van der Waals surface area contributed by atoms with Crippen LogP contribution in [0, 0.1) is 0 Å². The molecule has 0 radical (unpaired) electrons. The van der Waals surface area contributed by atoms with Crippen molar-refractivity contribution in [3.05, 3.63) is 71.1 Å². The van der Waals surface area contributed by atoms with Crippen LogP contribution in [0.4, 0.5) is 11.5 Å². The molecule has 5 heteroatoms. The van der Waals surface area contributed by atoms with Gasteiger partial charge in [-0.05, 0) is 17.7 Å². The molecule has 1 N–H and O–H groups in total. The number of rotatable bonds is 3. The zero-order valence-corrected chi connectivity index (χ0v) is 12.4. The van der Waals surface area contributed by atoms with Gasteiger partial charge in [-0.15, -0.1) is 0 Å². The Morgan fingerprint density at radius 3 is 2.29 bits per heavy atom. The minimum Gasteiger partial charge on any atom is -0.338 e. The van der Waals surface area contributed by atoms with Gasteiger partial charge >= 0.3 is 0 Å². The number of benzene rings is 2. The fourth-order valence-electron chi connectivity index (χ4n) is 2.01. The third-order valence-corrected chi connectivity index (χ3v) is 3.61. The fourth-order valence-corrected chi connectivity index (χ4v) is 2.43. The molecule has 3 aromatic rings. The van der Waals surface area contributed by atoms with E-state index in [1.807, 2.05) is 54.6 Å². The van der Waals surface area contributed by atoms with Gasteiger partial charge in [-0.2, -0.15) is 0 Å². The molecule has 0 saturated heterocycles. The quantitative estimate of drug-likeness (QED) is 0.675. The van der Waals surface area contributed by atoms with E-state index < -0.39 is 0 Å². The molecule has 3 nitrogen and oxygen atoms in total. The highest BCUT2D eigenvalue weighted by Gasteiger charge is 2.13. The molecule has 0 bridgehead atoms. The molecule has 0 amide bonds. The van der Waals surface area contributed by atoms with Crippen molar-refractivity contribution < 1.29 is 0 Å². The second-order valence-corrected chi connectivity index (χ2v) is 5.12. The number of nitrogens with zero attached hydrogens (tertiary/aromatic N) is 2. The summed E-state index contributed by atoms with van der Waals surface area (Å²) in [6.45, 7) is 0. The number of anilines is 2. The third kappa shape index (κ3) is 2.99. The van der Waals surface area contributed by atoms with E-state index in [0.29, 0.717) is 16.0 Å². The van der Waals surface area contributed by atoms with Gasteiger partial charge in [0.05, 0.1) is 16.3 Å². The van der Waals surface area contributed by atoms with Crippen molar-refractivity contribution in [2.24, 2.45) is 0 Å². The molecular weight excluding hydrogens is 305 g/mol. The minimum absolute atomic E-state index is 0.394. The summed E-state index contributed by atoms with van der Waals surface area (Å²) in [4.78, 5) is 8.35. The maximum Gasteiger partial charge on any atom is 0.143 e. The Morgan fingerprint density at radius 2 is 1.52 bits per heavy atom. The van der Waals surface area contributed by atoms with Gasteiger partial charge in [0, 0.05) is 0 Å². The topological polar surface area (TPSA) is 37.8 Å². The Morgan fingerprint density at radius 1 is 0.810 bits per heavy atom. The van der Waals surface area contributed by atoms with Crippen LogP contribution in [0.1, 0.15) is 0 Å². The molecule has 104 valence electrons. The molecule has 0 aliphatic carbocycles. The molecule has 0 atom stereocenters. The predicted molar refractivity (Wildman–Crippen MR) is 87.2 cm³/mol. The number of halogens is 2. The maximum absolute atomic E-state index is 6.25. The van der Waals surface area contributed by atoms with Gasteiger partial charge in [0.1, 0.15) is 17.3 Å². The summed E-state index contributed by atoms with van der Waals surface area (Å²) >= 11 is 12.4. The van der Waals surface area contributed by atoms with E-state index >= 15 is 0 Å². The van der Waals surface area contributed by atoms with Crippen LogP contribution in [0.25, 0.3) is 11.1 Å². The van der Waals surface area contributed by atoms with Gasteiger partial charge < -0.3 is 5.32 Å². The lowest BCUT2D eigenvalue weighted by Gasteiger charge is -2.12. The molecule has 0 saturated carbocycles. The van der Waals surface area contributed by atoms with Crippen LogP contribution in [-0.2, 0) is 0 Å². The Labute approximate surface area is 132 Å². The lowest BCUT2D eigenvalue weighted by molar-refractivity contribution is 1.17. The van der Waals surface area contributed by atoms with Crippen molar-refractivity contribution in [3.8, 4) is 11.1 Å². The standard InChI is InChI=1S/C16H11Cl2N3/c17-12-8-4-5-9-13(12)21-16-14(15(18)19-10-20-16)11-6-2-1-3-7-11/h1-10H,(H,19,20,21). The average molecular weight is 316 g/mol. The third-order valence-electron chi connectivity index (χ3n) is 2.99. The number of nitrogens with one attached hydrogen (secondary N) is 1. The van der Waals surface area contributed by atoms with E-state index in [4.69, 9.17) is 23.2 Å². The molecule has 3 rings (SSSR count). The first-order valence-electron chi connectivity index (χ1n) is 6.33. The molecule has 0 aliphatic rings. The molecule has 0 unspecified atom stereocenters. The summed E-state index contributed by atoms with van der Waals surface area (Å²) in [5.41, 5.74) is 2.46. The van der Waals surface area contributed by atoms with Crippen molar-refractivity contribution in [1.82, 2.24) is 9.97 Å². The molecule has 0 aliphatic heterocycles. The van der Waals surface area contributed by atoms with Crippen LogP contribution < -0.4 is 5.32 Å². The first-order valence-corrected chi connectivity index (χ1v) is 7.09. The van der Waals surface area contributed by atoms with Gasteiger partial charge in [0.15, 0.2) is 0 Å². The smallest absolute Gasteiger partial charge is 0.143 e. The van der Waals surface area contributed by atoms with Crippen molar-refractivity contribution in [3.63, 3.8) is 0 Å². The molecule has 2 aromatic carbocycles. The van der Waals surface area contributed by atoms with Crippen LogP contribution in [0.3, 0.4) is 0 Å². The Hall–Kier alpha value is -2.10. The molecule has 0 fully saturated rings. The van der Waals surface area contributed by atoms with E-state index in [1.165, 1.54) is 6.33 Å². The van der Waals surface area contributed by atoms with Crippen LogP contribution in [0.15, 0.2) is 60.9 Å². The average Bonchev–Trinajstić information content (AvgIpc) is 2.51. The van der Waals surface area contributed by atoms with Gasteiger partial charge in [0.2, 0.25) is 0 Å². The summed E-state index contributed by atoms with van der Waals surface area (Å²) in [5, 5.41) is 4.22. The zero-order chi connectivity index (χ0) is 14.7. The minimum atomic E-state index is 0.394. The number of hydrogen-bond donors (Lipinski definition) is 1. The van der Waals surface area contributed by atoms with E-state index in [2.05, 4.69) is 15.3 Å². The highest BCUT2D eigenvalue weighted by molar-refractivity contribution is 6.34. The van der Waals surface area contributed by atoms with Gasteiger partial charge in [-0.1, -0.05) is 65.7 Å². The van der Waals surface area contributed by atoms with Crippen LogP contribution >= 0.6 is 23.2 Å². The lowest BCUT2D eigenvalue weighted by Crippen LogP contribution is -1.99.